The van der Waals surface area contributed by atoms with Gasteiger partial charge in [-0.15, -0.1) is 21.6 Å². The van der Waals surface area contributed by atoms with Gasteiger partial charge in [0.05, 0.1) is 50.5 Å². The number of anilines is 1. The number of hydrogen-bond acceptors (Lipinski definition) is 10. The van der Waals surface area contributed by atoms with Crippen molar-refractivity contribution in [3.05, 3.63) is 33.7 Å². The number of aryl methyl sites for hydroxylation is 1. The van der Waals surface area contributed by atoms with E-state index in [2.05, 4.69) is 41.1 Å². The van der Waals surface area contributed by atoms with Crippen LogP contribution < -0.4 is 9.64 Å². The van der Waals surface area contributed by atoms with Gasteiger partial charge >= 0.3 is 0 Å². The minimum atomic E-state index is 0.380. The van der Waals surface area contributed by atoms with Crippen LogP contribution in [-0.4, -0.2) is 59.8 Å². The lowest BCUT2D eigenvalue weighted by Gasteiger charge is -2.27. The maximum absolute atomic E-state index is 9.48. The smallest absolute Gasteiger partial charge is 0.158 e. The number of rotatable bonds is 17. The first-order valence-corrected chi connectivity index (χ1v) is 13.3. The Labute approximate surface area is 224 Å². The highest BCUT2D eigenvalue weighted by Gasteiger charge is 2.17. The number of benzene rings is 1. The molecule has 0 aliphatic heterocycles. The monoisotopic (exact) mass is 527 g/mol. The summed E-state index contributed by atoms with van der Waals surface area (Å²) < 4.78 is 22.7. The van der Waals surface area contributed by atoms with E-state index in [1.807, 2.05) is 19.1 Å². The molecular weight excluding hydrogens is 490 g/mol. The summed E-state index contributed by atoms with van der Waals surface area (Å²) in [5.41, 5.74) is 3.46. The van der Waals surface area contributed by atoms with E-state index < -0.39 is 0 Å². The zero-order chi connectivity index (χ0) is 27.0. The lowest BCUT2D eigenvalue weighted by molar-refractivity contribution is 0.0501. The van der Waals surface area contributed by atoms with Crippen molar-refractivity contribution in [2.75, 3.05) is 64.7 Å². The first kappa shape index (κ1) is 30.2. The van der Waals surface area contributed by atoms with E-state index >= 15 is 0 Å². The minimum absolute atomic E-state index is 0.380. The standard InChI is InChI=1S/C27H37N5O4S/c1-6-10-34-12-8-32(9-13-36-15-14-35-11-7-2)24-16-20(3)23(17-25(24)33-5)30-31-27-22(18-28)21(4)26(19-29)37-27/h16-17H,6-15H2,1-5H3/b31-30+. The quantitative estimate of drug-likeness (QED) is 0.178. The molecule has 0 unspecified atom stereocenters. The molecule has 200 valence electrons. The van der Waals surface area contributed by atoms with Crippen LogP contribution in [0.5, 0.6) is 5.75 Å². The molecule has 10 heteroatoms. The van der Waals surface area contributed by atoms with Crippen molar-refractivity contribution in [3.63, 3.8) is 0 Å². The zero-order valence-corrected chi connectivity index (χ0v) is 23.3. The maximum atomic E-state index is 9.48. The van der Waals surface area contributed by atoms with Crippen LogP contribution in [0, 0.1) is 36.5 Å². The lowest BCUT2D eigenvalue weighted by atomic mass is 10.1. The van der Waals surface area contributed by atoms with Gasteiger partial charge in [0.1, 0.15) is 22.8 Å². The van der Waals surface area contributed by atoms with Crippen molar-refractivity contribution in [1.82, 2.24) is 0 Å². The molecule has 1 heterocycles. The van der Waals surface area contributed by atoms with Gasteiger partial charge in [0.15, 0.2) is 5.00 Å². The Bertz CT molecular complexity index is 1100. The summed E-state index contributed by atoms with van der Waals surface area (Å²) in [6.45, 7) is 13.0. The van der Waals surface area contributed by atoms with Crippen molar-refractivity contribution in [2.45, 2.75) is 40.5 Å². The molecule has 0 saturated carbocycles. The number of azo groups is 1. The van der Waals surface area contributed by atoms with Gasteiger partial charge in [0.25, 0.3) is 0 Å². The molecule has 0 N–H and O–H groups in total. The van der Waals surface area contributed by atoms with E-state index in [4.69, 9.17) is 18.9 Å². The van der Waals surface area contributed by atoms with Gasteiger partial charge in [-0.2, -0.15) is 10.5 Å². The summed E-state index contributed by atoms with van der Waals surface area (Å²) in [5.74, 6) is 0.655. The summed E-state index contributed by atoms with van der Waals surface area (Å²) in [6.07, 6.45) is 1.96. The second-order valence-electron chi connectivity index (χ2n) is 8.29. The first-order chi connectivity index (χ1) is 18.0. The fraction of sp³-hybridized carbons (Fsp3) is 0.556. The molecule has 0 aliphatic carbocycles. The third-order valence-electron chi connectivity index (χ3n) is 5.51. The minimum Gasteiger partial charge on any atom is -0.495 e. The Morgan fingerprint density at radius 2 is 1.49 bits per heavy atom. The highest BCUT2D eigenvalue weighted by molar-refractivity contribution is 7.16. The molecule has 0 atom stereocenters. The molecular formula is C27H37N5O4S. The van der Waals surface area contributed by atoms with Crippen LogP contribution >= 0.6 is 11.3 Å². The molecule has 2 aromatic rings. The molecule has 37 heavy (non-hydrogen) atoms. The molecule has 0 bridgehead atoms. The Morgan fingerprint density at radius 1 is 0.865 bits per heavy atom. The predicted octanol–water partition coefficient (Wildman–Crippen LogP) is 6.21. The summed E-state index contributed by atoms with van der Waals surface area (Å²) >= 11 is 1.16. The van der Waals surface area contributed by atoms with Gasteiger partial charge < -0.3 is 23.8 Å². The van der Waals surface area contributed by atoms with Gasteiger partial charge in [-0.05, 0) is 43.9 Å². The summed E-state index contributed by atoms with van der Waals surface area (Å²) in [5, 5.41) is 27.9. The third kappa shape index (κ3) is 9.10. The van der Waals surface area contributed by atoms with Crippen LogP contribution in [0.2, 0.25) is 0 Å². The number of nitrogens with zero attached hydrogens (tertiary/aromatic N) is 5. The molecule has 9 nitrogen and oxygen atoms in total. The van der Waals surface area contributed by atoms with Crippen molar-refractivity contribution < 1.29 is 18.9 Å². The van der Waals surface area contributed by atoms with Crippen molar-refractivity contribution in [1.29, 1.82) is 10.5 Å². The molecule has 1 aromatic carbocycles. The Morgan fingerprint density at radius 3 is 2.05 bits per heavy atom. The summed E-state index contributed by atoms with van der Waals surface area (Å²) in [6, 6.07) is 8.09. The average Bonchev–Trinajstić information content (AvgIpc) is 3.22. The highest BCUT2D eigenvalue weighted by atomic mass is 32.1. The van der Waals surface area contributed by atoms with Crippen LogP contribution in [0.1, 0.15) is 48.3 Å². The number of thiophene rings is 1. The number of methoxy groups -OCH3 is 1. The summed E-state index contributed by atoms with van der Waals surface area (Å²) in [7, 11) is 1.62. The number of ether oxygens (including phenoxy) is 4. The molecule has 0 fully saturated rings. The molecule has 1 aromatic heterocycles. The summed E-state index contributed by atoms with van der Waals surface area (Å²) in [4.78, 5) is 2.65. The highest BCUT2D eigenvalue weighted by Crippen LogP contribution is 2.38. The van der Waals surface area contributed by atoms with Crippen LogP contribution in [0.3, 0.4) is 0 Å². The molecule has 0 aliphatic rings. The van der Waals surface area contributed by atoms with Crippen LogP contribution in [-0.2, 0) is 14.2 Å². The van der Waals surface area contributed by atoms with E-state index in [9.17, 15) is 10.5 Å². The lowest BCUT2D eigenvalue weighted by Crippen LogP contribution is -2.32. The van der Waals surface area contributed by atoms with Crippen molar-refractivity contribution in [3.8, 4) is 17.9 Å². The van der Waals surface area contributed by atoms with E-state index in [1.54, 1.807) is 14.0 Å². The first-order valence-electron chi connectivity index (χ1n) is 12.5. The molecule has 2 rings (SSSR count). The van der Waals surface area contributed by atoms with E-state index in [0.29, 0.717) is 72.0 Å². The second kappa shape index (κ2) is 16.7. The maximum Gasteiger partial charge on any atom is 0.158 e. The van der Waals surface area contributed by atoms with Crippen LogP contribution in [0.15, 0.2) is 22.4 Å². The van der Waals surface area contributed by atoms with Crippen molar-refractivity contribution >= 4 is 27.7 Å². The Hall–Kier alpha value is -3.02. The van der Waals surface area contributed by atoms with Gasteiger partial charge in [-0.1, -0.05) is 13.8 Å². The number of nitriles is 2. The topological polar surface area (TPSA) is 112 Å². The molecule has 0 radical (unpaired) electrons. The van der Waals surface area contributed by atoms with Crippen LogP contribution in [0.25, 0.3) is 0 Å². The van der Waals surface area contributed by atoms with Crippen LogP contribution in [0.4, 0.5) is 16.4 Å². The fourth-order valence-electron chi connectivity index (χ4n) is 3.50. The molecule has 0 saturated heterocycles. The van der Waals surface area contributed by atoms with Gasteiger partial charge in [0.2, 0.25) is 0 Å². The predicted molar refractivity (Wildman–Crippen MR) is 146 cm³/mol. The van der Waals surface area contributed by atoms with Crippen molar-refractivity contribution in [2.24, 2.45) is 10.2 Å². The van der Waals surface area contributed by atoms with E-state index in [-0.39, 0.29) is 0 Å². The van der Waals surface area contributed by atoms with Gasteiger partial charge in [0, 0.05) is 32.4 Å². The third-order valence-corrected chi connectivity index (χ3v) is 6.59. The van der Waals surface area contributed by atoms with Gasteiger partial charge in [-0.25, -0.2) is 0 Å². The number of hydrogen-bond donors (Lipinski definition) is 0. The van der Waals surface area contributed by atoms with E-state index in [1.165, 1.54) is 0 Å². The average molecular weight is 528 g/mol. The molecule has 0 spiro atoms. The molecule has 0 amide bonds. The Kier molecular flexibility index (Phi) is 13.6. The largest absolute Gasteiger partial charge is 0.495 e. The fourth-order valence-corrected chi connectivity index (χ4v) is 4.38. The zero-order valence-electron chi connectivity index (χ0n) is 22.5. The normalized spacial score (nSPS) is 11.0. The second-order valence-corrected chi connectivity index (χ2v) is 9.29. The SMILES string of the molecule is CCCOCCOCCN(CCOCCC)c1cc(C)c(/N=N/c2sc(C#N)c(C)c2C#N)cc1OC. The van der Waals surface area contributed by atoms with E-state index in [0.717, 1.165) is 48.6 Å². The Balaban J connectivity index is 2.23. The van der Waals surface area contributed by atoms with Gasteiger partial charge in [-0.3, -0.25) is 0 Å².